The van der Waals surface area contributed by atoms with Crippen LogP contribution in [0.5, 0.6) is 5.75 Å². The highest BCUT2D eigenvalue weighted by molar-refractivity contribution is 14.0. The number of phenolic OH excluding ortho intramolecular Hbond substituents is 1. The molecule has 430 valence electrons. The molecule has 0 heterocycles. The Morgan fingerprint density at radius 2 is 1.08 bits per heavy atom. The minimum atomic E-state index is -1.08. The van der Waals surface area contributed by atoms with Crippen LogP contribution >= 0.6 is 24.0 Å². The smallest absolute Gasteiger partial charge is 0.306 e. The Kier molecular flexibility index (Phi) is 45.6. The lowest BCUT2D eigenvalue weighted by atomic mass is 9.94. The predicted molar refractivity (Wildman–Crippen MR) is 295 cm³/mol. The molecule has 0 spiro atoms. The number of aromatic hydroxyl groups is 1. The van der Waals surface area contributed by atoms with Gasteiger partial charge in [-0.05, 0) is 76.1 Å². The molecule has 21 heteroatoms. The molecular formula is C54H92IN5O15. The lowest BCUT2D eigenvalue weighted by Gasteiger charge is -2.19. The summed E-state index contributed by atoms with van der Waals surface area (Å²) in [7, 11) is 1.69. The van der Waals surface area contributed by atoms with E-state index >= 15 is 0 Å². The van der Waals surface area contributed by atoms with Crippen molar-refractivity contribution in [2.75, 3.05) is 79.5 Å². The number of carbonyl (C=O) groups is 8. The van der Waals surface area contributed by atoms with Gasteiger partial charge in [0.25, 0.3) is 0 Å². The third-order valence-corrected chi connectivity index (χ3v) is 12.4. The molecule has 0 radical (unpaired) electrons. The maximum atomic E-state index is 12.8. The van der Waals surface area contributed by atoms with Gasteiger partial charge in [0.2, 0.25) is 17.7 Å². The fourth-order valence-corrected chi connectivity index (χ4v) is 8.01. The molecule has 20 nitrogen and oxygen atoms in total. The van der Waals surface area contributed by atoms with E-state index in [4.69, 9.17) is 29.8 Å². The molecule has 9 N–H and O–H groups in total. The molecule has 0 aliphatic carbocycles. The normalized spacial score (nSPS) is 12.3. The van der Waals surface area contributed by atoms with Crippen LogP contribution in [0.2, 0.25) is 0 Å². The van der Waals surface area contributed by atoms with E-state index in [2.05, 4.69) is 21.3 Å². The zero-order valence-corrected chi connectivity index (χ0v) is 47.1. The monoisotopic (exact) mass is 1180 g/mol. The van der Waals surface area contributed by atoms with E-state index in [1.807, 2.05) is 0 Å². The molecule has 0 unspecified atom stereocenters. The van der Waals surface area contributed by atoms with Gasteiger partial charge in [-0.25, -0.2) is 0 Å². The van der Waals surface area contributed by atoms with Crippen LogP contribution in [0.25, 0.3) is 0 Å². The van der Waals surface area contributed by atoms with Crippen LogP contribution in [0.15, 0.2) is 24.3 Å². The first-order valence-electron chi connectivity index (χ1n) is 27.0. The van der Waals surface area contributed by atoms with E-state index < -0.39 is 35.8 Å². The fourth-order valence-electron chi connectivity index (χ4n) is 8.01. The van der Waals surface area contributed by atoms with Crippen molar-refractivity contribution in [3.63, 3.8) is 0 Å². The van der Waals surface area contributed by atoms with Gasteiger partial charge in [-0.1, -0.05) is 89.2 Å². The first-order chi connectivity index (χ1) is 35.7. The molecule has 0 aliphatic rings. The van der Waals surface area contributed by atoms with Crippen LogP contribution in [0.3, 0.4) is 0 Å². The Morgan fingerprint density at radius 3 is 1.65 bits per heavy atom. The van der Waals surface area contributed by atoms with Crippen molar-refractivity contribution in [1.29, 1.82) is 0 Å². The molecular weight excluding hydrogens is 1090 g/mol. The van der Waals surface area contributed by atoms with E-state index in [-0.39, 0.29) is 157 Å². The number of hydrogen-bond acceptors (Lipinski definition) is 15. The number of carbonyl (C=O) groups excluding carboxylic acids is 6. The summed E-state index contributed by atoms with van der Waals surface area (Å²) in [6, 6.07) is 5.24. The quantitative estimate of drug-likeness (QED) is 0.0285. The lowest BCUT2D eigenvalue weighted by Crippen LogP contribution is -2.48. The minimum absolute atomic E-state index is 0. The molecule has 0 fully saturated rings. The number of rotatable bonds is 53. The van der Waals surface area contributed by atoms with Crippen LogP contribution < -0.4 is 27.0 Å². The number of phenols is 1. The zero-order valence-electron chi connectivity index (χ0n) is 44.7. The Hall–Kier alpha value is -4.13. The van der Waals surface area contributed by atoms with Crippen molar-refractivity contribution < 1.29 is 72.6 Å². The summed E-state index contributed by atoms with van der Waals surface area (Å²) in [6.07, 6.45) is 18.7. The van der Waals surface area contributed by atoms with Crippen molar-refractivity contribution in [3.8, 4) is 5.75 Å². The minimum Gasteiger partial charge on any atom is -0.508 e. The number of halogens is 1. The number of likely N-dealkylation sites (N-methyl/N-ethyl adjacent to an activating group) is 1. The Morgan fingerprint density at radius 1 is 0.547 bits per heavy atom. The number of aliphatic carboxylic acids is 2. The van der Waals surface area contributed by atoms with Crippen LogP contribution in [0, 0.1) is 5.92 Å². The Balaban J connectivity index is 0.0000548. The average molecular weight is 1180 g/mol. The number of benzene rings is 1. The number of unbranched alkanes of at least 4 members (excludes halogenated alkanes) is 14. The number of nitrogens with two attached hydrogens (primary N) is 1. The summed E-state index contributed by atoms with van der Waals surface area (Å²) in [5.41, 5.74) is 6.32. The highest BCUT2D eigenvalue weighted by atomic mass is 127. The summed E-state index contributed by atoms with van der Waals surface area (Å²) in [4.78, 5) is 96.0. The highest BCUT2D eigenvalue weighted by Gasteiger charge is 2.23. The molecule has 0 aromatic heterocycles. The number of ether oxygens (including phenoxy) is 4. The molecule has 0 bridgehead atoms. The number of Topliss-reactive ketones (excluding diaryl/α,β-unsaturated/α-hetero) is 3. The van der Waals surface area contributed by atoms with E-state index in [1.54, 1.807) is 19.2 Å². The number of amides is 3. The van der Waals surface area contributed by atoms with Gasteiger partial charge in [-0.15, -0.1) is 24.0 Å². The molecule has 3 atom stereocenters. The SMILES string of the molecule is CN[C@@H](CCCCNC(=O)COCCOCCCC(=O)COCCOCCNC(=O)CC[C@H](CC(=O)CCCCCCCCCCCCCCCCC(=O)O)C(=O)O)C(=O)CN[C@@H](Cc1ccc(O)cc1)C(N)=O.I. The molecule has 1 aromatic carbocycles. The van der Waals surface area contributed by atoms with Gasteiger partial charge in [0.15, 0.2) is 11.6 Å². The standard InChI is InChI=1S/C54H91N5O15.HI/c1-56-47(49(63)39-59-48(53(55)68)37-42-23-26-44(60)27-24-42)21-16-17-29-57-51(65)41-74-36-33-71-31-18-20-46(62)40-73-35-34-72-32-30-58-50(64)28-25-43(54(69)70)38-45(61)19-14-12-10-8-6-4-2-3-5-7-9-11-13-15-22-52(66)67;/h23-24,26-27,43,47-48,56,59-60H,2-22,25,28-41H2,1H3,(H2,55,68)(H,57,65)(H,58,64)(H,66,67)(H,69,70);1H/t43-,47+,48+;/m1./s1. The lowest BCUT2D eigenvalue weighted by molar-refractivity contribution is -0.144. The van der Waals surface area contributed by atoms with Gasteiger partial charge < -0.3 is 56.0 Å². The molecule has 1 rings (SSSR count). The number of primary amides is 1. The number of nitrogens with one attached hydrogen (secondary N) is 4. The maximum Gasteiger partial charge on any atom is 0.306 e. The summed E-state index contributed by atoms with van der Waals surface area (Å²) >= 11 is 0. The van der Waals surface area contributed by atoms with Crippen molar-refractivity contribution in [3.05, 3.63) is 29.8 Å². The summed E-state index contributed by atoms with van der Waals surface area (Å²) in [5.74, 6) is -4.03. The third-order valence-electron chi connectivity index (χ3n) is 12.4. The van der Waals surface area contributed by atoms with Gasteiger partial charge in [0.05, 0.1) is 57.6 Å². The fraction of sp³-hybridized carbons (Fsp3) is 0.741. The summed E-state index contributed by atoms with van der Waals surface area (Å²) in [6.45, 7) is 1.85. The second kappa shape index (κ2) is 48.3. The van der Waals surface area contributed by atoms with Gasteiger partial charge in [0.1, 0.15) is 24.7 Å². The van der Waals surface area contributed by atoms with Crippen molar-refractivity contribution in [2.24, 2.45) is 11.7 Å². The second-order valence-corrected chi connectivity index (χ2v) is 18.8. The molecule has 75 heavy (non-hydrogen) atoms. The Bertz CT molecular complexity index is 1720. The molecule has 0 saturated heterocycles. The largest absolute Gasteiger partial charge is 0.508 e. The van der Waals surface area contributed by atoms with Crippen molar-refractivity contribution >= 4 is 71.0 Å². The molecule has 1 aromatic rings. The number of ketones is 3. The topological polar surface area (TPSA) is 308 Å². The average Bonchev–Trinajstić information content (AvgIpc) is 3.36. The summed E-state index contributed by atoms with van der Waals surface area (Å²) in [5, 5.41) is 39.2. The maximum absolute atomic E-state index is 12.8. The summed E-state index contributed by atoms with van der Waals surface area (Å²) < 4.78 is 21.7. The second-order valence-electron chi connectivity index (χ2n) is 18.8. The number of hydrogen-bond donors (Lipinski definition) is 8. The van der Waals surface area contributed by atoms with E-state index in [0.29, 0.717) is 45.3 Å². The predicted octanol–water partition coefficient (Wildman–Crippen LogP) is 5.74. The van der Waals surface area contributed by atoms with Crippen molar-refractivity contribution in [2.45, 2.75) is 173 Å². The number of carboxylic acid groups (broad SMARTS) is 2. The van der Waals surface area contributed by atoms with Gasteiger partial charge in [0, 0.05) is 51.8 Å². The van der Waals surface area contributed by atoms with Crippen LogP contribution in [-0.2, 0) is 63.7 Å². The van der Waals surface area contributed by atoms with Crippen LogP contribution in [0.4, 0.5) is 0 Å². The van der Waals surface area contributed by atoms with E-state index in [9.17, 15) is 48.6 Å². The molecule has 0 saturated carbocycles. The van der Waals surface area contributed by atoms with Gasteiger partial charge >= 0.3 is 11.9 Å². The highest BCUT2D eigenvalue weighted by Crippen LogP contribution is 2.17. The molecule has 0 aliphatic heterocycles. The van der Waals surface area contributed by atoms with Gasteiger partial charge in [-0.3, -0.25) is 43.7 Å². The van der Waals surface area contributed by atoms with E-state index in [0.717, 1.165) is 50.5 Å². The first-order valence-corrected chi connectivity index (χ1v) is 27.0. The van der Waals surface area contributed by atoms with E-state index in [1.165, 1.54) is 57.1 Å². The first kappa shape index (κ1) is 70.9. The third kappa shape index (κ3) is 42.6. The number of carboxylic acids is 2. The van der Waals surface area contributed by atoms with Crippen LogP contribution in [0.1, 0.15) is 160 Å². The van der Waals surface area contributed by atoms with Crippen LogP contribution in [-0.4, -0.2) is 154 Å². The zero-order chi connectivity index (χ0) is 54.4. The van der Waals surface area contributed by atoms with Gasteiger partial charge in [-0.2, -0.15) is 0 Å². The Labute approximate surface area is 462 Å². The van der Waals surface area contributed by atoms with Crippen molar-refractivity contribution in [1.82, 2.24) is 21.3 Å². The molecule has 3 amide bonds.